The number of anilines is 1. The van der Waals surface area contributed by atoms with Crippen LogP contribution in [0.3, 0.4) is 0 Å². The molecule has 0 saturated carbocycles. The Hall–Kier alpha value is -2.74. The van der Waals surface area contributed by atoms with Crippen LogP contribution in [0.2, 0.25) is 0 Å². The number of aromatic nitrogens is 3. The number of amides is 2. The fraction of sp³-hybridized carbons (Fsp3) is 0.474. The Morgan fingerprint density at radius 2 is 2.04 bits per heavy atom. The number of hydrogen-bond donors (Lipinski definition) is 0. The SMILES string of the molecule is COCCN1C(=O)CC2(CCN(C(=O)c3ccccn3)CC2)n2nccc21. The van der Waals surface area contributed by atoms with Crippen molar-refractivity contribution in [1.82, 2.24) is 19.7 Å². The number of fused-ring (bicyclic) bond motifs is 2. The zero-order valence-electron chi connectivity index (χ0n) is 15.4. The molecule has 0 aromatic carbocycles. The average molecular weight is 369 g/mol. The molecular weight excluding hydrogens is 346 g/mol. The molecule has 2 aromatic heterocycles. The molecule has 8 heteroatoms. The van der Waals surface area contributed by atoms with E-state index in [0.29, 0.717) is 51.2 Å². The summed E-state index contributed by atoms with van der Waals surface area (Å²) in [5, 5.41) is 4.52. The highest BCUT2D eigenvalue weighted by atomic mass is 16.5. The zero-order valence-corrected chi connectivity index (χ0v) is 15.4. The van der Waals surface area contributed by atoms with Crippen LogP contribution >= 0.6 is 0 Å². The lowest BCUT2D eigenvalue weighted by molar-refractivity contribution is -0.123. The molecule has 4 rings (SSSR count). The fourth-order valence-electron chi connectivity index (χ4n) is 4.03. The minimum Gasteiger partial charge on any atom is -0.383 e. The smallest absolute Gasteiger partial charge is 0.272 e. The monoisotopic (exact) mass is 369 g/mol. The number of likely N-dealkylation sites (tertiary alicyclic amines) is 1. The molecule has 0 aliphatic carbocycles. The second-order valence-electron chi connectivity index (χ2n) is 7.05. The van der Waals surface area contributed by atoms with Crippen molar-refractivity contribution in [3.05, 3.63) is 42.4 Å². The molecule has 2 aliphatic heterocycles. The minimum atomic E-state index is -0.361. The Morgan fingerprint density at radius 3 is 2.74 bits per heavy atom. The van der Waals surface area contributed by atoms with Gasteiger partial charge in [-0.2, -0.15) is 5.10 Å². The number of carbonyl (C=O) groups is 2. The summed E-state index contributed by atoms with van der Waals surface area (Å²) in [6.07, 6.45) is 5.16. The average Bonchev–Trinajstić information content (AvgIpc) is 3.19. The number of hydrogen-bond acceptors (Lipinski definition) is 5. The Balaban J connectivity index is 1.52. The number of ether oxygens (including phenoxy) is 1. The first kappa shape index (κ1) is 17.7. The molecule has 0 bridgehead atoms. The first-order valence-corrected chi connectivity index (χ1v) is 9.19. The van der Waals surface area contributed by atoms with E-state index >= 15 is 0 Å². The van der Waals surface area contributed by atoms with Crippen LogP contribution in [0.4, 0.5) is 5.82 Å². The Kier molecular flexibility index (Phi) is 4.65. The van der Waals surface area contributed by atoms with Crippen molar-refractivity contribution in [1.29, 1.82) is 0 Å². The summed E-state index contributed by atoms with van der Waals surface area (Å²) in [4.78, 5) is 33.2. The molecule has 2 amide bonds. The van der Waals surface area contributed by atoms with Crippen LogP contribution in [-0.2, 0) is 15.1 Å². The van der Waals surface area contributed by atoms with Crippen molar-refractivity contribution in [2.75, 3.05) is 38.3 Å². The van der Waals surface area contributed by atoms with E-state index in [9.17, 15) is 9.59 Å². The van der Waals surface area contributed by atoms with E-state index < -0.39 is 0 Å². The third kappa shape index (κ3) is 3.10. The molecule has 0 unspecified atom stereocenters. The van der Waals surface area contributed by atoms with Crippen molar-refractivity contribution in [3.63, 3.8) is 0 Å². The number of rotatable bonds is 4. The molecule has 142 valence electrons. The number of piperidine rings is 1. The number of carbonyl (C=O) groups excluding carboxylic acids is 2. The normalized spacial score (nSPS) is 18.6. The third-order valence-electron chi connectivity index (χ3n) is 5.51. The van der Waals surface area contributed by atoms with E-state index in [2.05, 4.69) is 10.1 Å². The van der Waals surface area contributed by atoms with Gasteiger partial charge in [0.1, 0.15) is 11.5 Å². The van der Waals surface area contributed by atoms with Crippen molar-refractivity contribution >= 4 is 17.6 Å². The van der Waals surface area contributed by atoms with Crippen molar-refractivity contribution in [2.45, 2.75) is 24.8 Å². The molecule has 0 atom stereocenters. The maximum atomic E-state index is 12.8. The summed E-state index contributed by atoms with van der Waals surface area (Å²) in [7, 11) is 1.63. The number of methoxy groups -OCH3 is 1. The molecule has 2 aliphatic rings. The topological polar surface area (TPSA) is 80.6 Å². The molecule has 2 aromatic rings. The van der Waals surface area contributed by atoms with Gasteiger partial charge in [-0.1, -0.05) is 6.07 Å². The van der Waals surface area contributed by atoms with Crippen LogP contribution in [0, 0.1) is 0 Å². The van der Waals surface area contributed by atoms with E-state index in [4.69, 9.17) is 4.74 Å². The van der Waals surface area contributed by atoms with Crippen LogP contribution in [-0.4, -0.2) is 64.8 Å². The highest BCUT2D eigenvalue weighted by Crippen LogP contribution is 2.40. The summed E-state index contributed by atoms with van der Waals surface area (Å²) < 4.78 is 7.11. The van der Waals surface area contributed by atoms with E-state index in [1.54, 1.807) is 36.5 Å². The predicted octanol–water partition coefficient (Wildman–Crippen LogP) is 1.29. The van der Waals surface area contributed by atoms with Crippen LogP contribution in [0.1, 0.15) is 29.8 Å². The van der Waals surface area contributed by atoms with Gasteiger partial charge in [0.15, 0.2) is 0 Å². The maximum Gasteiger partial charge on any atom is 0.272 e. The quantitative estimate of drug-likeness (QED) is 0.811. The van der Waals surface area contributed by atoms with E-state index in [1.807, 2.05) is 21.7 Å². The Labute approximate surface area is 157 Å². The lowest BCUT2D eigenvalue weighted by Crippen LogP contribution is -2.55. The molecule has 0 N–H and O–H groups in total. The second kappa shape index (κ2) is 7.11. The van der Waals surface area contributed by atoms with Gasteiger partial charge in [-0.3, -0.25) is 19.5 Å². The summed E-state index contributed by atoms with van der Waals surface area (Å²) in [6, 6.07) is 7.22. The number of pyridine rings is 1. The highest BCUT2D eigenvalue weighted by molar-refractivity contribution is 5.95. The summed E-state index contributed by atoms with van der Waals surface area (Å²) in [5.41, 5.74) is 0.0964. The number of nitrogens with zero attached hydrogens (tertiary/aromatic N) is 5. The molecule has 0 radical (unpaired) electrons. The molecule has 1 spiro atoms. The molecule has 8 nitrogen and oxygen atoms in total. The standard InChI is InChI=1S/C19H23N5O3/c1-27-13-12-23-16-5-9-21-24(16)19(14-17(23)25)6-10-22(11-7-19)18(26)15-4-2-3-8-20-15/h2-5,8-9H,6-7,10-14H2,1H3. The molecule has 1 fully saturated rings. The van der Waals surface area contributed by atoms with Gasteiger partial charge in [0.05, 0.1) is 31.3 Å². The molecule has 1 saturated heterocycles. The zero-order chi connectivity index (χ0) is 18.9. The van der Waals surface area contributed by atoms with E-state index in [0.717, 1.165) is 5.82 Å². The van der Waals surface area contributed by atoms with Gasteiger partial charge in [0.2, 0.25) is 5.91 Å². The lowest BCUT2D eigenvalue weighted by Gasteiger charge is -2.46. The van der Waals surface area contributed by atoms with Gasteiger partial charge in [-0.25, -0.2) is 4.68 Å². The van der Waals surface area contributed by atoms with Gasteiger partial charge in [0, 0.05) is 32.5 Å². The van der Waals surface area contributed by atoms with Gasteiger partial charge < -0.3 is 9.64 Å². The fourth-order valence-corrected chi connectivity index (χ4v) is 4.03. The molecular formula is C19H23N5O3. The summed E-state index contributed by atoms with van der Waals surface area (Å²) in [6.45, 7) is 2.16. The predicted molar refractivity (Wildman–Crippen MR) is 98.4 cm³/mol. The van der Waals surface area contributed by atoms with Crippen LogP contribution in [0.5, 0.6) is 0 Å². The van der Waals surface area contributed by atoms with E-state index in [-0.39, 0.29) is 17.4 Å². The van der Waals surface area contributed by atoms with Crippen LogP contribution in [0.25, 0.3) is 0 Å². The van der Waals surface area contributed by atoms with Crippen molar-refractivity contribution < 1.29 is 14.3 Å². The van der Waals surface area contributed by atoms with Gasteiger partial charge in [-0.05, 0) is 25.0 Å². The highest BCUT2D eigenvalue weighted by Gasteiger charge is 2.46. The Morgan fingerprint density at radius 1 is 1.22 bits per heavy atom. The minimum absolute atomic E-state index is 0.0602. The summed E-state index contributed by atoms with van der Waals surface area (Å²) in [5.74, 6) is 0.840. The lowest BCUT2D eigenvalue weighted by atomic mass is 9.82. The molecule has 27 heavy (non-hydrogen) atoms. The molecule has 4 heterocycles. The van der Waals surface area contributed by atoms with Gasteiger partial charge in [-0.15, -0.1) is 0 Å². The van der Waals surface area contributed by atoms with Crippen molar-refractivity contribution in [2.24, 2.45) is 0 Å². The largest absolute Gasteiger partial charge is 0.383 e. The van der Waals surface area contributed by atoms with Gasteiger partial charge in [0.25, 0.3) is 5.91 Å². The first-order valence-electron chi connectivity index (χ1n) is 9.19. The third-order valence-corrected chi connectivity index (χ3v) is 5.51. The summed E-state index contributed by atoms with van der Waals surface area (Å²) >= 11 is 0. The van der Waals surface area contributed by atoms with Gasteiger partial charge >= 0.3 is 0 Å². The first-order chi connectivity index (χ1) is 13.1. The maximum absolute atomic E-state index is 12.8. The van der Waals surface area contributed by atoms with E-state index in [1.165, 1.54) is 0 Å². The van der Waals surface area contributed by atoms with Crippen LogP contribution in [0.15, 0.2) is 36.7 Å². The van der Waals surface area contributed by atoms with Crippen LogP contribution < -0.4 is 4.90 Å². The van der Waals surface area contributed by atoms with Crippen molar-refractivity contribution in [3.8, 4) is 0 Å². The second-order valence-corrected chi connectivity index (χ2v) is 7.05. The Bertz CT molecular complexity index is 827.